The molecular weight excluding hydrogens is 134 g/mol. The highest BCUT2D eigenvalue weighted by atomic mass is 15.1. The summed E-state index contributed by atoms with van der Waals surface area (Å²) in [5, 5.41) is 0. The van der Waals surface area contributed by atoms with Crippen molar-refractivity contribution < 1.29 is 0 Å². The fourth-order valence-electron chi connectivity index (χ4n) is 2.24. The summed E-state index contributed by atoms with van der Waals surface area (Å²) in [6.07, 6.45) is 2.83. The topological polar surface area (TPSA) is 3.24 Å². The number of nitrogens with zero attached hydrogens (tertiary/aromatic N) is 1. The molecule has 1 heterocycles. The molecule has 0 amide bonds. The van der Waals surface area contributed by atoms with Gasteiger partial charge in [0.05, 0.1) is 0 Å². The highest BCUT2D eigenvalue weighted by Crippen LogP contribution is 2.28. The molecule has 1 aliphatic rings. The maximum atomic E-state index is 2.49. The zero-order valence-corrected chi connectivity index (χ0v) is 8.30. The lowest BCUT2D eigenvalue weighted by molar-refractivity contribution is 0.104. The third kappa shape index (κ3) is 1.96. The molecule has 0 N–H and O–H groups in total. The van der Waals surface area contributed by atoms with Crippen molar-refractivity contribution in [3.8, 4) is 0 Å². The van der Waals surface area contributed by atoms with Crippen molar-refractivity contribution in [3.63, 3.8) is 0 Å². The molecule has 0 saturated carbocycles. The van der Waals surface area contributed by atoms with Gasteiger partial charge in [0, 0.05) is 6.04 Å². The number of rotatable bonds is 1. The van der Waals surface area contributed by atoms with E-state index in [1.807, 2.05) is 0 Å². The quantitative estimate of drug-likeness (QED) is 0.562. The molecule has 2 unspecified atom stereocenters. The van der Waals surface area contributed by atoms with E-state index in [1.54, 1.807) is 0 Å². The van der Waals surface area contributed by atoms with Gasteiger partial charge in [0.15, 0.2) is 0 Å². The predicted molar refractivity (Wildman–Crippen MR) is 49.7 cm³/mol. The Kier molecular flexibility index (Phi) is 2.94. The fraction of sp³-hybridized carbons (Fsp3) is 1.00. The standard InChI is InChI=1S/C10H21N/c1-8(2)10-6-5-7-11(4)9(10)3/h8-10H,5-7H2,1-4H3. The van der Waals surface area contributed by atoms with Crippen LogP contribution in [0.5, 0.6) is 0 Å². The van der Waals surface area contributed by atoms with E-state index in [2.05, 4.69) is 32.7 Å². The maximum Gasteiger partial charge on any atom is 0.00945 e. The average Bonchev–Trinajstić information content (AvgIpc) is 1.94. The zero-order chi connectivity index (χ0) is 8.43. The van der Waals surface area contributed by atoms with Gasteiger partial charge in [-0.05, 0) is 45.2 Å². The van der Waals surface area contributed by atoms with E-state index >= 15 is 0 Å². The number of piperidine rings is 1. The van der Waals surface area contributed by atoms with E-state index in [1.165, 1.54) is 19.4 Å². The van der Waals surface area contributed by atoms with E-state index in [9.17, 15) is 0 Å². The van der Waals surface area contributed by atoms with Crippen molar-refractivity contribution in [1.82, 2.24) is 4.90 Å². The smallest absolute Gasteiger partial charge is 0.00945 e. The minimum Gasteiger partial charge on any atom is -0.303 e. The van der Waals surface area contributed by atoms with Crippen molar-refractivity contribution in [2.24, 2.45) is 11.8 Å². The monoisotopic (exact) mass is 155 g/mol. The highest BCUT2D eigenvalue weighted by Gasteiger charge is 2.27. The van der Waals surface area contributed by atoms with Gasteiger partial charge < -0.3 is 4.90 Å². The molecule has 1 fully saturated rings. The van der Waals surface area contributed by atoms with Crippen LogP contribution in [0.3, 0.4) is 0 Å². The Morgan fingerprint density at radius 2 is 2.00 bits per heavy atom. The zero-order valence-electron chi connectivity index (χ0n) is 8.30. The lowest BCUT2D eigenvalue weighted by atomic mass is 9.82. The summed E-state index contributed by atoms with van der Waals surface area (Å²) in [5.41, 5.74) is 0. The van der Waals surface area contributed by atoms with Crippen LogP contribution in [0.25, 0.3) is 0 Å². The summed E-state index contributed by atoms with van der Waals surface area (Å²) in [4.78, 5) is 2.49. The van der Waals surface area contributed by atoms with Crippen LogP contribution >= 0.6 is 0 Å². The van der Waals surface area contributed by atoms with E-state index in [0.717, 1.165) is 17.9 Å². The fourth-order valence-corrected chi connectivity index (χ4v) is 2.24. The van der Waals surface area contributed by atoms with Crippen molar-refractivity contribution >= 4 is 0 Å². The van der Waals surface area contributed by atoms with Crippen LogP contribution in [-0.4, -0.2) is 24.5 Å². The molecule has 2 atom stereocenters. The molecule has 1 nitrogen and oxygen atoms in total. The normalized spacial score (nSPS) is 34.6. The molecular formula is C10H21N. The van der Waals surface area contributed by atoms with E-state index < -0.39 is 0 Å². The van der Waals surface area contributed by atoms with Gasteiger partial charge in [-0.1, -0.05) is 13.8 Å². The van der Waals surface area contributed by atoms with Crippen molar-refractivity contribution in [2.45, 2.75) is 39.7 Å². The largest absolute Gasteiger partial charge is 0.303 e. The second-order valence-electron chi connectivity index (χ2n) is 4.27. The Hall–Kier alpha value is -0.0400. The number of hydrogen-bond donors (Lipinski definition) is 0. The minimum atomic E-state index is 0.795. The Bertz CT molecular complexity index is 120. The molecule has 11 heavy (non-hydrogen) atoms. The highest BCUT2D eigenvalue weighted by molar-refractivity contribution is 4.80. The second-order valence-corrected chi connectivity index (χ2v) is 4.27. The van der Waals surface area contributed by atoms with Crippen LogP contribution in [-0.2, 0) is 0 Å². The van der Waals surface area contributed by atoms with Gasteiger partial charge >= 0.3 is 0 Å². The summed E-state index contributed by atoms with van der Waals surface area (Å²) >= 11 is 0. The molecule has 1 saturated heterocycles. The van der Waals surface area contributed by atoms with Gasteiger partial charge in [-0.2, -0.15) is 0 Å². The van der Waals surface area contributed by atoms with E-state index in [4.69, 9.17) is 0 Å². The van der Waals surface area contributed by atoms with Gasteiger partial charge in [-0.3, -0.25) is 0 Å². The first-order chi connectivity index (χ1) is 5.13. The molecule has 66 valence electrons. The molecule has 0 radical (unpaired) electrons. The Labute approximate surface area is 70.8 Å². The molecule has 1 aliphatic heterocycles. The van der Waals surface area contributed by atoms with Gasteiger partial charge in [-0.15, -0.1) is 0 Å². The summed E-state index contributed by atoms with van der Waals surface area (Å²) in [6, 6.07) is 0.795. The Balaban J connectivity index is 2.51. The van der Waals surface area contributed by atoms with Crippen LogP contribution < -0.4 is 0 Å². The van der Waals surface area contributed by atoms with Crippen molar-refractivity contribution in [1.29, 1.82) is 0 Å². The summed E-state index contributed by atoms with van der Waals surface area (Å²) < 4.78 is 0. The minimum absolute atomic E-state index is 0.795. The Morgan fingerprint density at radius 3 is 2.45 bits per heavy atom. The van der Waals surface area contributed by atoms with E-state index in [-0.39, 0.29) is 0 Å². The maximum absolute atomic E-state index is 2.49. The average molecular weight is 155 g/mol. The first-order valence-corrected chi connectivity index (χ1v) is 4.83. The molecule has 1 rings (SSSR count). The molecule has 0 aromatic rings. The lowest BCUT2D eigenvalue weighted by Gasteiger charge is -2.39. The van der Waals surface area contributed by atoms with Gasteiger partial charge in [0.1, 0.15) is 0 Å². The van der Waals surface area contributed by atoms with Crippen molar-refractivity contribution in [2.75, 3.05) is 13.6 Å². The predicted octanol–water partition coefficient (Wildman–Crippen LogP) is 2.37. The van der Waals surface area contributed by atoms with Gasteiger partial charge in [0.2, 0.25) is 0 Å². The SMILES string of the molecule is CC(C)C1CCCN(C)C1C. The molecule has 0 aliphatic carbocycles. The lowest BCUT2D eigenvalue weighted by Crippen LogP contribution is -2.42. The number of likely N-dealkylation sites (tertiary alicyclic amines) is 1. The Morgan fingerprint density at radius 1 is 1.36 bits per heavy atom. The third-order valence-corrected chi connectivity index (χ3v) is 3.22. The first kappa shape index (κ1) is 9.05. The summed E-state index contributed by atoms with van der Waals surface area (Å²) in [6.45, 7) is 8.36. The second kappa shape index (κ2) is 3.57. The van der Waals surface area contributed by atoms with Gasteiger partial charge in [-0.25, -0.2) is 0 Å². The van der Waals surface area contributed by atoms with Crippen LogP contribution in [0.2, 0.25) is 0 Å². The molecule has 1 heteroatoms. The molecule has 0 aromatic carbocycles. The van der Waals surface area contributed by atoms with Crippen molar-refractivity contribution in [3.05, 3.63) is 0 Å². The van der Waals surface area contributed by atoms with Crippen LogP contribution in [0.4, 0.5) is 0 Å². The molecule has 0 aromatic heterocycles. The summed E-state index contributed by atoms with van der Waals surface area (Å²) in [7, 11) is 2.25. The van der Waals surface area contributed by atoms with E-state index in [0.29, 0.717) is 0 Å². The third-order valence-electron chi connectivity index (χ3n) is 3.22. The van der Waals surface area contributed by atoms with Crippen LogP contribution in [0.15, 0.2) is 0 Å². The first-order valence-electron chi connectivity index (χ1n) is 4.83. The van der Waals surface area contributed by atoms with Crippen LogP contribution in [0.1, 0.15) is 33.6 Å². The summed E-state index contributed by atoms with van der Waals surface area (Å²) in [5.74, 6) is 1.78. The van der Waals surface area contributed by atoms with Gasteiger partial charge in [0.25, 0.3) is 0 Å². The molecule has 0 spiro atoms. The molecule has 0 bridgehead atoms. The number of hydrogen-bond acceptors (Lipinski definition) is 1. The van der Waals surface area contributed by atoms with Crippen LogP contribution in [0, 0.1) is 11.8 Å².